The molecule has 0 amide bonds. The summed E-state index contributed by atoms with van der Waals surface area (Å²) in [6, 6.07) is 0. The van der Waals surface area contributed by atoms with Crippen LogP contribution in [0.4, 0.5) is 5.95 Å². The van der Waals surface area contributed by atoms with Gasteiger partial charge >= 0.3 is 0 Å². The Morgan fingerprint density at radius 1 is 1.10 bits per heavy atom. The highest BCUT2D eigenvalue weighted by Gasteiger charge is 2.16. The molecule has 110 valence electrons. The molecule has 4 heteroatoms. The van der Waals surface area contributed by atoms with E-state index in [9.17, 15) is 0 Å². The van der Waals surface area contributed by atoms with Gasteiger partial charge in [-0.1, -0.05) is 6.42 Å². The van der Waals surface area contributed by atoms with Crippen molar-refractivity contribution in [1.82, 2.24) is 15.3 Å². The van der Waals surface area contributed by atoms with Crippen LogP contribution in [0.15, 0.2) is 0 Å². The number of fused-ring (bicyclic) bond motifs is 1. The lowest BCUT2D eigenvalue weighted by molar-refractivity contribution is 0.389. The third-order valence-corrected chi connectivity index (χ3v) is 4.65. The Bertz CT molecular complexity index is 452. The molecule has 1 aliphatic carbocycles. The molecule has 2 N–H and O–H groups in total. The van der Waals surface area contributed by atoms with Crippen molar-refractivity contribution in [2.75, 3.05) is 25.0 Å². The third-order valence-electron chi connectivity index (χ3n) is 4.65. The number of nitrogens with zero attached hydrogens (tertiary/aromatic N) is 2. The molecule has 2 aliphatic rings. The van der Waals surface area contributed by atoms with Crippen LogP contribution in [0.1, 0.15) is 49.1 Å². The van der Waals surface area contributed by atoms with E-state index in [1.54, 1.807) is 0 Å². The molecular weight excluding hydrogens is 248 g/mol. The van der Waals surface area contributed by atoms with Gasteiger partial charge in [-0.3, -0.25) is 0 Å². The first kappa shape index (κ1) is 13.8. The van der Waals surface area contributed by atoms with Crippen LogP contribution in [0.25, 0.3) is 0 Å². The zero-order valence-corrected chi connectivity index (χ0v) is 12.5. The molecule has 1 fully saturated rings. The van der Waals surface area contributed by atoms with Crippen LogP contribution in [0.5, 0.6) is 0 Å². The van der Waals surface area contributed by atoms with Crippen molar-refractivity contribution in [3.8, 4) is 0 Å². The van der Waals surface area contributed by atoms with Crippen molar-refractivity contribution in [3.05, 3.63) is 17.0 Å². The smallest absolute Gasteiger partial charge is 0.223 e. The Hall–Kier alpha value is -1.16. The number of hydrogen-bond donors (Lipinski definition) is 2. The highest BCUT2D eigenvalue weighted by atomic mass is 15.1. The standard InChI is InChI=1S/C16H26N4/c1-12-14-5-3-2-4-6-15(14)20-16(19-12)18-11-13-7-9-17-10-8-13/h13,17H,2-11H2,1H3,(H,18,19,20). The number of aryl methyl sites for hydroxylation is 2. The van der Waals surface area contributed by atoms with Gasteiger partial charge in [-0.25, -0.2) is 9.97 Å². The summed E-state index contributed by atoms with van der Waals surface area (Å²) in [5.74, 6) is 1.61. The lowest BCUT2D eigenvalue weighted by Gasteiger charge is -2.23. The topological polar surface area (TPSA) is 49.8 Å². The quantitative estimate of drug-likeness (QED) is 0.831. The number of piperidine rings is 1. The molecule has 1 aromatic heterocycles. The van der Waals surface area contributed by atoms with E-state index in [1.807, 2.05) is 0 Å². The second kappa shape index (κ2) is 6.53. The molecular formula is C16H26N4. The van der Waals surface area contributed by atoms with E-state index < -0.39 is 0 Å². The number of anilines is 1. The van der Waals surface area contributed by atoms with E-state index >= 15 is 0 Å². The fourth-order valence-electron chi connectivity index (χ4n) is 3.36. The SMILES string of the molecule is Cc1nc(NCC2CCNCC2)nc2c1CCCCC2. The molecule has 1 saturated heterocycles. The van der Waals surface area contributed by atoms with E-state index in [1.165, 1.54) is 49.1 Å². The van der Waals surface area contributed by atoms with Crippen molar-refractivity contribution in [1.29, 1.82) is 0 Å². The average Bonchev–Trinajstić information content (AvgIpc) is 2.72. The van der Waals surface area contributed by atoms with Gasteiger partial charge in [0.15, 0.2) is 0 Å². The van der Waals surface area contributed by atoms with Crippen LogP contribution in [0.3, 0.4) is 0 Å². The summed E-state index contributed by atoms with van der Waals surface area (Å²) in [5.41, 5.74) is 3.89. The fourth-order valence-corrected chi connectivity index (χ4v) is 3.36. The minimum Gasteiger partial charge on any atom is -0.354 e. The zero-order valence-electron chi connectivity index (χ0n) is 12.5. The zero-order chi connectivity index (χ0) is 13.8. The maximum absolute atomic E-state index is 4.78. The Labute approximate surface area is 121 Å². The normalized spacial score (nSPS) is 20.2. The minimum absolute atomic E-state index is 0.763. The van der Waals surface area contributed by atoms with E-state index in [0.29, 0.717) is 0 Å². The molecule has 0 unspecified atom stereocenters. The van der Waals surface area contributed by atoms with Crippen LogP contribution < -0.4 is 10.6 Å². The summed E-state index contributed by atoms with van der Waals surface area (Å²) in [5, 5.41) is 6.89. The van der Waals surface area contributed by atoms with Gasteiger partial charge in [0, 0.05) is 17.9 Å². The van der Waals surface area contributed by atoms with E-state index in [0.717, 1.165) is 44.3 Å². The first-order valence-corrected chi connectivity index (χ1v) is 8.14. The van der Waals surface area contributed by atoms with Gasteiger partial charge in [0.25, 0.3) is 0 Å². The van der Waals surface area contributed by atoms with Crippen molar-refractivity contribution in [3.63, 3.8) is 0 Å². The molecule has 0 radical (unpaired) electrons. The van der Waals surface area contributed by atoms with Gasteiger partial charge in [0.1, 0.15) is 0 Å². The first-order chi connectivity index (χ1) is 9.83. The third kappa shape index (κ3) is 3.29. The number of hydrogen-bond acceptors (Lipinski definition) is 4. The largest absolute Gasteiger partial charge is 0.354 e. The highest BCUT2D eigenvalue weighted by molar-refractivity contribution is 5.35. The average molecular weight is 274 g/mol. The van der Waals surface area contributed by atoms with Gasteiger partial charge in [-0.2, -0.15) is 0 Å². The maximum atomic E-state index is 4.78. The highest BCUT2D eigenvalue weighted by Crippen LogP contribution is 2.22. The van der Waals surface area contributed by atoms with Gasteiger partial charge < -0.3 is 10.6 Å². The van der Waals surface area contributed by atoms with Crippen LogP contribution >= 0.6 is 0 Å². The molecule has 4 nitrogen and oxygen atoms in total. The monoisotopic (exact) mass is 274 g/mol. The van der Waals surface area contributed by atoms with Crippen molar-refractivity contribution in [2.45, 2.75) is 51.9 Å². The summed E-state index contributed by atoms with van der Waals surface area (Å²) in [4.78, 5) is 9.46. The first-order valence-electron chi connectivity index (χ1n) is 8.14. The molecule has 1 aromatic rings. The van der Waals surface area contributed by atoms with E-state index in [-0.39, 0.29) is 0 Å². The molecule has 0 aromatic carbocycles. The van der Waals surface area contributed by atoms with E-state index in [2.05, 4.69) is 22.5 Å². The molecule has 20 heavy (non-hydrogen) atoms. The van der Waals surface area contributed by atoms with E-state index in [4.69, 9.17) is 4.98 Å². The molecule has 0 bridgehead atoms. The Morgan fingerprint density at radius 3 is 2.75 bits per heavy atom. The molecule has 0 spiro atoms. The number of nitrogens with one attached hydrogen (secondary N) is 2. The van der Waals surface area contributed by atoms with Crippen LogP contribution in [0.2, 0.25) is 0 Å². The molecule has 3 rings (SSSR count). The van der Waals surface area contributed by atoms with Gasteiger partial charge in [0.2, 0.25) is 5.95 Å². The summed E-state index contributed by atoms with van der Waals surface area (Å²) in [6.45, 7) is 5.45. The summed E-state index contributed by atoms with van der Waals surface area (Å²) in [6.07, 6.45) is 8.70. The van der Waals surface area contributed by atoms with Gasteiger partial charge in [0.05, 0.1) is 0 Å². The van der Waals surface area contributed by atoms with Crippen LogP contribution in [-0.4, -0.2) is 29.6 Å². The van der Waals surface area contributed by atoms with Crippen LogP contribution in [-0.2, 0) is 12.8 Å². The Balaban J connectivity index is 1.67. The van der Waals surface area contributed by atoms with Crippen LogP contribution in [0, 0.1) is 12.8 Å². The number of rotatable bonds is 3. The maximum Gasteiger partial charge on any atom is 0.223 e. The van der Waals surface area contributed by atoms with Crippen molar-refractivity contribution < 1.29 is 0 Å². The fraction of sp³-hybridized carbons (Fsp3) is 0.750. The summed E-state index contributed by atoms with van der Waals surface area (Å²) < 4.78 is 0. The predicted octanol–water partition coefficient (Wildman–Crippen LogP) is 2.47. The summed E-state index contributed by atoms with van der Waals surface area (Å²) in [7, 11) is 0. The van der Waals surface area contributed by atoms with Crippen molar-refractivity contribution >= 4 is 5.95 Å². The molecule has 1 aliphatic heterocycles. The second-order valence-corrected chi connectivity index (χ2v) is 6.19. The lowest BCUT2D eigenvalue weighted by Crippen LogP contribution is -2.31. The predicted molar refractivity (Wildman–Crippen MR) is 82.1 cm³/mol. The molecule has 0 saturated carbocycles. The lowest BCUT2D eigenvalue weighted by atomic mass is 9.98. The summed E-state index contributed by atoms with van der Waals surface area (Å²) >= 11 is 0. The Kier molecular flexibility index (Phi) is 4.51. The second-order valence-electron chi connectivity index (χ2n) is 6.19. The minimum atomic E-state index is 0.763. The molecule has 2 heterocycles. The van der Waals surface area contributed by atoms with Gasteiger partial charge in [-0.05, 0) is 70.0 Å². The number of aromatic nitrogens is 2. The van der Waals surface area contributed by atoms with Gasteiger partial charge in [-0.15, -0.1) is 0 Å². The Morgan fingerprint density at radius 2 is 1.90 bits per heavy atom. The molecule has 0 atom stereocenters. The van der Waals surface area contributed by atoms with Crippen molar-refractivity contribution in [2.24, 2.45) is 5.92 Å².